The molecular weight excluding hydrogens is 602 g/mol. The monoisotopic (exact) mass is 639 g/mol. The zero-order chi connectivity index (χ0) is 29.6. The molecule has 1 saturated carbocycles. The van der Waals surface area contributed by atoms with Crippen molar-refractivity contribution in [3.8, 4) is 0 Å². The molecule has 0 aliphatic heterocycles. The van der Waals surface area contributed by atoms with Gasteiger partial charge >= 0.3 is 0 Å². The van der Waals surface area contributed by atoms with Crippen LogP contribution in [0.15, 0.2) is 82.2 Å². The fourth-order valence-electron chi connectivity index (χ4n) is 5.18. The van der Waals surface area contributed by atoms with Crippen molar-refractivity contribution < 1.29 is 18.0 Å². The summed E-state index contributed by atoms with van der Waals surface area (Å²) in [6.45, 7) is 5.19. The molecule has 1 fully saturated rings. The van der Waals surface area contributed by atoms with Gasteiger partial charge in [-0.2, -0.15) is 0 Å². The van der Waals surface area contributed by atoms with Crippen LogP contribution in [0.2, 0.25) is 0 Å². The van der Waals surface area contributed by atoms with Crippen molar-refractivity contribution in [2.24, 2.45) is 0 Å². The number of aryl methyl sites for hydroxylation is 1. The zero-order valence-electron chi connectivity index (χ0n) is 23.8. The molecule has 218 valence electrons. The Balaban J connectivity index is 1.69. The summed E-state index contributed by atoms with van der Waals surface area (Å²) in [7, 11) is -4.09. The first-order valence-electron chi connectivity index (χ1n) is 14.1. The van der Waals surface area contributed by atoms with E-state index >= 15 is 0 Å². The highest BCUT2D eigenvalue weighted by Gasteiger charge is 2.33. The van der Waals surface area contributed by atoms with E-state index in [0.29, 0.717) is 5.69 Å². The zero-order valence-corrected chi connectivity index (χ0v) is 26.2. The second kappa shape index (κ2) is 13.7. The second-order valence-corrected chi connectivity index (χ2v) is 13.5. The molecule has 1 aliphatic rings. The first-order chi connectivity index (χ1) is 19.6. The van der Waals surface area contributed by atoms with E-state index in [-0.39, 0.29) is 23.4 Å². The molecule has 0 spiro atoms. The summed E-state index contributed by atoms with van der Waals surface area (Å²) in [5, 5.41) is 3.13. The average Bonchev–Trinajstić information content (AvgIpc) is 2.97. The molecule has 1 N–H and O–H groups in total. The van der Waals surface area contributed by atoms with Gasteiger partial charge in [-0.3, -0.25) is 13.9 Å². The van der Waals surface area contributed by atoms with Crippen LogP contribution in [0, 0.1) is 13.8 Å². The molecule has 1 atom stereocenters. The fraction of sp³-hybridized carbons (Fsp3) is 0.375. The van der Waals surface area contributed by atoms with E-state index in [1.54, 1.807) is 37.3 Å². The maximum atomic E-state index is 14.1. The Morgan fingerprint density at radius 2 is 1.59 bits per heavy atom. The number of nitrogens with one attached hydrogen (secondary N) is 1. The quantitative estimate of drug-likeness (QED) is 0.289. The van der Waals surface area contributed by atoms with Crippen LogP contribution in [0.3, 0.4) is 0 Å². The van der Waals surface area contributed by atoms with Crippen LogP contribution in [0.25, 0.3) is 0 Å². The summed E-state index contributed by atoms with van der Waals surface area (Å²) < 4.78 is 30.0. The van der Waals surface area contributed by atoms with E-state index in [1.165, 1.54) is 27.8 Å². The van der Waals surface area contributed by atoms with Crippen molar-refractivity contribution in [3.63, 3.8) is 0 Å². The van der Waals surface area contributed by atoms with Crippen molar-refractivity contribution >= 4 is 43.5 Å². The van der Waals surface area contributed by atoms with E-state index in [4.69, 9.17) is 0 Å². The maximum Gasteiger partial charge on any atom is 0.264 e. The SMILES string of the molecule is Cc1cccc(N(CC(=O)N(Cc2ccc(Br)cc2)[C@@H](C)C(=O)NC2CCCCC2)S(=O)(=O)c2ccccc2)c1C. The largest absolute Gasteiger partial charge is 0.352 e. The minimum atomic E-state index is -4.09. The van der Waals surface area contributed by atoms with Gasteiger partial charge in [-0.05, 0) is 80.6 Å². The number of halogens is 1. The van der Waals surface area contributed by atoms with Crippen molar-refractivity contribution in [2.45, 2.75) is 76.4 Å². The molecule has 0 aromatic heterocycles. The number of carbonyl (C=O) groups is 2. The molecule has 41 heavy (non-hydrogen) atoms. The van der Waals surface area contributed by atoms with Gasteiger partial charge < -0.3 is 10.2 Å². The molecule has 0 unspecified atom stereocenters. The summed E-state index contributed by atoms with van der Waals surface area (Å²) in [6.07, 6.45) is 5.16. The normalized spacial score (nSPS) is 14.7. The summed E-state index contributed by atoms with van der Waals surface area (Å²) in [6, 6.07) is 20.4. The van der Waals surface area contributed by atoms with Crippen molar-refractivity contribution in [3.05, 3.63) is 94.0 Å². The summed E-state index contributed by atoms with van der Waals surface area (Å²) >= 11 is 3.45. The van der Waals surface area contributed by atoms with Gasteiger partial charge in [0.1, 0.15) is 12.6 Å². The molecular formula is C32H38BrN3O4S. The first kappa shape index (κ1) is 30.8. The number of nitrogens with zero attached hydrogens (tertiary/aromatic N) is 2. The van der Waals surface area contributed by atoms with E-state index < -0.39 is 28.5 Å². The topological polar surface area (TPSA) is 86.8 Å². The highest BCUT2D eigenvalue weighted by molar-refractivity contribution is 9.10. The summed E-state index contributed by atoms with van der Waals surface area (Å²) in [4.78, 5) is 29.2. The first-order valence-corrected chi connectivity index (χ1v) is 16.3. The number of benzene rings is 3. The molecule has 3 aromatic carbocycles. The molecule has 1 aliphatic carbocycles. The van der Waals surface area contributed by atoms with Crippen molar-refractivity contribution in [1.82, 2.24) is 10.2 Å². The van der Waals surface area contributed by atoms with Crippen LogP contribution in [-0.4, -0.2) is 43.8 Å². The Kier molecular flexibility index (Phi) is 10.3. The minimum absolute atomic E-state index is 0.0910. The lowest BCUT2D eigenvalue weighted by Gasteiger charge is -2.33. The molecule has 3 aromatic rings. The third-order valence-corrected chi connectivity index (χ3v) is 10.1. The summed E-state index contributed by atoms with van der Waals surface area (Å²) in [5.74, 6) is -0.689. The van der Waals surface area contributed by atoms with Gasteiger partial charge in [0.25, 0.3) is 10.0 Å². The van der Waals surface area contributed by atoms with Crippen LogP contribution >= 0.6 is 15.9 Å². The fourth-order valence-corrected chi connectivity index (χ4v) is 6.93. The van der Waals surface area contributed by atoms with Crippen LogP contribution in [0.5, 0.6) is 0 Å². The van der Waals surface area contributed by atoms with E-state index in [0.717, 1.165) is 46.8 Å². The predicted molar refractivity (Wildman–Crippen MR) is 166 cm³/mol. The molecule has 4 rings (SSSR count). The summed E-state index contributed by atoms with van der Waals surface area (Å²) in [5.41, 5.74) is 2.95. The van der Waals surface area contributed by atoms with Crippen molar-refractivity contribution in [1.29, 1.82) is 0 Å². The van der Waals surface area contributed by atoms with Crippen LogP contribution in [0.4, 0.5) is 5.69 Å². The molecule has 0 saturated heterocycles. The van der Waals surface area contributed by atoms with E-state index in [9.17, 15) is 18.0 Å². The van der Waals surface area contributed by atoms with E-state index in [2.05, 4.69) is 21.2 Å². The number of amides is 2. The smallest absolute Gasteiger partial charge is 0.264 e. The maximum absolute atomic E-state index is 14.1. The number of sulfonamides is 1. The van der Waals surface area contributed by atoms with Crippen LogP contribution in [0.1, 0.15) is 55.7 Å². The highest BCUT2D eigenvalue weighted by atomic mass is 79.9. The molecule has 0 radical (unpaired) electrons. The molecule has 7 nitrogen and oxygen atoms in total. The van der Waals surface area contributed by atoms with Gasteiger partial charge in [0.15, 0.2) is 0 Å². The van der Waals surface area contributed by atoms with Gasteiger partial charge in [0.05, 0.1) is 10.6 Å². The highest BCUT2D eigenvalue weighted by Crippen LogP contribution is 2.29. The number of hydrogen-bond acceptors (Lipinski definition) is 4. The number of carbonyl (C=O) groups excluding carboxylic acids is 2. The lowest BCUT2D eigenvalue weighted by atomic mass is 9.95. The standard InChI is InChI=1S/C32H38BrN3O4S/c1-23-11-10-16-30(24(23)2)36(41(39,40)29-14-8-5-9-15-29)22-31(37)35(21-26-17-19-27(33)20-18-26)25(3)32(38)34-28-12-6-4-7-13-28/h5,8-11,14-20,25,28H,4,6-7,12-13,21-22H2,1-3H3,(H,34,38)/t25-/m0/s1. The van der Waals surface area contributed by atoms with Gasteiger partial charge in [-0.15, -0.1) is 0 Å². The lowest BCUT2D eigenvalue weighted by Crippen LogP contribution is -2.53. The average molecular weight is 641 g/mol. The third kappa shape index (κ3) is 7.57. The van der Waals surface area contributed by atoms with Crippen molar-refractivity contribution in [2.75, 3.05) is 10.8 Å². The van der Waals surface area contributed by atoms with Gasteiger partial charge in [-0.25, -0.2) is 8.42 Å². The van der Waals surface area contributed by atoms with Gasteiger partial charge in [-0.1, -0.05) is 77.7 Å². The van der Waals surface area contributed by atoms with Crippen LogP contribution in [-0.2, 0) is 26.2 Å². The van der Waals surface area contributed by atoms with Gasteiger partial charge in [0.2, 0.25) is 11.8 Å². The number of rotatable bonds is 10. The molecule has 9 heteroatoms. The Morgan fingerprint density at radius 1 is 0.927 bits per heavy atom. The third-order valence-electron chi connectivity index (χ3n) is 7.84. The Morgan fingerprint density at radius 3 is 2.24 bits per heavy atom. The van der Waals surface area contributed by atoms with Crippen LogP contribution < -0.4 is 9.62 Å². The van der Waals surface area contributed by atoms with Gasteiger partial charge in [0, 0.05) is 17.1 Å². The number of hydrogen-bond donors (Lipinski definition) is 1. The lowest BCUT2D eigenvalue weighted by molar-refractivity contribution is -0.139. The predicted octanol–water partition coefficient (Wildman–Crippen LogP) is 6.13. The second-order valence-electron chi connectivity index (χ2n) is 10.7. The Hall–Kier alpha value is -3.17. The minimum Gasteiger partial charge on any atom is -0.352 e. The Bertz CT molecular complexity index is 1460. The number of anilines is 1. The molecule has 0 heterocycles. The molecule has 0 bridgehead atoms. The van der Waals surface area contributed by atoms with E-state index in [1.807, 2.05) is 44.2 Å². The Labute approximate surface area is 252 Å². The molecule has 2 amide bonds.